The summed E-state index contributed by atoms with van der Waals surface area (Å²) in [5, 5.41) is 10.4. The lowest BCUT2D eigenvalue weighted by atomic mass is 10.1. The van der Waals surface area contributed by atoms with Crippen molar-refractivity contribution in [3.05, 3.63) is 25.3 Å². The molecule has 1 fully saturated rings. The van der Waals surface area contributed by atoms with Gasteiger partial charge in [0.05, 0.1) is 6.61 Å². The first-order valence-corrected chi connectivity index (χ1v) is 5.72. The lowest BCUT2D eigenvalue weighted by Crippen LogP contribution is -2.48. The number of hydrogen-bond acceptors (Lipinski definition) is 4. The van der Waals surface area contributed by atoms with Crippen LogP contribution in [0.5, 0.6) is 0 Å². The molecule has 0 spiro atoms. The number of aliphatic hydroxyl groups is 1. The molecule has 0 radical (unpaired) electrons. The summed E-state index contributed by atoms with van der Waals surface area (Å²) in [6.07, 6.45) is 2.81. The number of carbonyl (C=O) groups excluding carboxylic acids is 1. The number of halogens is 2. The minimum atomic E-state index is -3.84. The zero-order chi connectivity index (χ0) is 14.5. The van der Waals surface area contributed by atoms with Crippen LogP contribution in [0.4, 0.5) is 8.78 Å². The molecule has 1 aliphatic rings. The molecule has 0 aliphatic carbocycles. The number of alkyl halides is 2. The SMILES string of the molecule is C=CCC1(CC=C)OCC(NC(=O)C(F)(F)CO)O1. The van der Waals surface area contributed by atoms with Gasteiger partial charge >= 0.3 is 5.92 Å². The van der Waals surface area contributed by atoms with Gasteiger partial charge in [-0.15, -0.1) is 13.2 Å². The standard InChI is InChI=1S/C12H17F2NO4/c1-3-5-11(6-4-2)18-7-9(19-11)15-10(17)12(13,14)8-16/h3-4,9,16H,1-2,5-8H2,(H,15,17). The van der Waals surface area contributed by atoms with Gasteiger partial charge in [0, 0.05) is 12.8 Å². The first-order valence-electron chi connectivity index (χ1n) is 5.72. The Morgan fingerprint density at radius 3 is 2.53 bits per heavy atom. The van der Waals surface area contributed by atoms with Crippen LogP contribution in [0.2, 0.25) is 0 Å². The van der Waals surface area contributed by atoms with Crippen LogP contribution in [0.25, 0.3) is 0 Å². The first kappa shape index (κ1) is 15.7. The normalized spacial score (nSPS) is 21.9. The van der Waals surface area contributed by atoms with Gasteiger partial charge in [0.15, 0.2) is 12.0 Å². The van der Waals surface area contributed by atoms with E-state index in [0.717, 1.165) is 0 Å². The number of aliphatic hydroxyl groups excluding tert-OH is 1. The molecule has 0 aromatic carbocycles. The van der Waals surface area contributed by atoms with Gasteiger partial charge in [-0.2, -0.15) is 8.78 Å². The zero-order valence-corrected chi connectivity index (χ0v) is 10.4. The van der Waals surface area contributed by atoms with Gasteiger partial charge in [0.25, 0.3) is 5.91 Å². The molecule has 7 heteroatoms. The maximum Gasteiger partial charge on any atom is 0.347 e. The molecule has 0 bridgehead atoms. The number of rotatable bonds is 7. The van der Waals surface area contributed by atoms with Gasteiger partial charge in [0.2, 0.25) is 0 Å². The molecule has 5 nitrogen and oxygen atoms in total. The van der Waals surface area contributed by atoms with E-state index in [9.17, 15) is 13.6 Å². The second-order valence-electron chi connectivity index (χ2n) is 4.15. The van der Waals surface area contributed by atoms with Crippen LogP contribution in [-0.4, -0.2) is 42.2 Å². The molecular weight excluding hydrogens is 260 g/mol. The molecule has 2 N–H and O–H groups in total. The van der Waals surface area contributed by atoms with Crippen LogP contribution in [-0.2, 0) is 14.3 Å². The Balaban J connectivity index is 2.62. The summed E-state index contributed by atoms with van der Waals surface area (Å²) >= 11 is 0. The molecule has 0 saturated carbocycles. The monoisotopic (exact) mass is 277 g/mol. The van der Waals surface area contributed by atoms with Crippen molar-refractivity contribution in [2.24, 2.45) is 0 Å². The molecule has 0 aromatic heterocycles. The maximum atomic E-state index is 12.9. The second-order valence-corrected chi connectivity index (χ2v) is 4.15. The van der Waals surface area contributed by atoms with E-state index in [0.29, 0.717) is 12.8 Å². The molecule has 1 heterocycles. The van der Waals surface area contributed by atoms with Crippen molar-refractivity contribution in [3.8, 4) is 0 Å². The highest BCUT2D eigenvalue weighted by atomic mass is 19.3. The summed E-state index contributed by atoms with van der Waals surface area (Å²) < 4.78 is 36.6. The second kappa shape index (κ2) is 6.23. The molecule has 1 unspecified atom stereocenters. The highest BCUT2D eigenvalue weighted by molar-refractivity contribution is 5.83. The Morgan fingerprint density at radius 2 is 2.05 bits per heavy atom. The number of hydrogen-bond donors (Lipinski definition) is 2. The summed E-state index contributed by atoms with van der Waals surface area (Å²) in [6, 6.07) is 0. The summed E-state index contributed by atoms with van der Waals surface area (Å²) in [6.45, 7) is 5.49. The van der Waals surface area contributed by atoms with Gasteiger partial charge in [-0.1, -0.05) is 12.2 Å². The fourth-order valence-electron chi connectivity index (χ4n) is 1.69. The maximum absolute atomic E-state index is 12.9. The third-order valence-corrected chi connectivity index (χ3v) is 2.59. The Kier molecular flexibility index (Phi) is 5.16. The van der Waals surface area contributed by atoms with Gasteiger partial charge in [-0.25, -0.2) is 0 Å². The summed E-state index contributed by atoms with van der Waals surface area (Å²) in [4.78, 5) is 11.2. The van der Waals surface area contributed by atoms with Crippen LogP contribution < -0.4 is 5.32 Å². The Bertz CT molecular complexity index is 350. The summed E-state index contributed by atoms with van der Waals surface area (Å²) in [5.41, 5.74) is 0. The van der Waals surface area contributed by atoms with E-state index in [-0.39, 0.29) is 6.61 Å². The van der Waals surface area contributed by atoms with Gasteiger partial charge in [-0.3, -0.25) is 4.79 Å². The predicted molar refractivity (Wildman–Crippen MR) is 63.4 cm³/mol. The van der Waals surface area contributed by atoms with Crippen LogP contribution in [0.1, 0.15) is 12.8 Å². The predicted octanol–water partition coefficient (Wildman–Crippen LogP) is 0.952. The molecule has 1 atom stereocenters. The number of nitrogens with one attached hydrogen (secondary N) is 1. The van der Waals surface area contributed by atoms with E-state index in [2.05, 4.69) is 13.2 Å². The van der Waals surface area contributed by atoms with E-state index in [1.54, 1.807) is 12.2 Å². The van der Waals surface area contributed by atoms with Gasteiger partial charge < -0.3 is 19.9 Å². The van der Waals surface area contributed by atoms with Crippen molar-refractivity contribution in [2.75, 3.05) is 13.2 Å². The van der Waals surface area contributed by atoms with Crippen LogP contribution in [0.15, 0.2) is 25.3 Å². The lowest BCUT2D eigenvalue weighted by Gasteiger charge is -2.25. The van der Waals surface area contributed by atoms with E-state index in [4.69, 9.17) is 14.6 Å². The van der Waals surface area contributed by atoms with E-state index in [1.165, 1.54) is 0 Å². The van der Waals surface area contributed by atoms with Crippen LogP contribution in [0, 0.1) is 0 Å². The van der Waals surface area contributed by atoms with Crippen molar-refractivity contribution >= 4 is 5.91 Å². The highest BCUT2D eigenvalue weighted by Crippen LogP contribution is 2.30. The van der Waals surface area contributed by atoms with Crippen molar-refractivity contribution in [3.63, 3.8) is 0 Å². The van der Waals surface area contributed by atoms with Crippen molar-refractivity contribution in [1.82, 2.24) is 5.32 Å². The molecule has 1 rings (SSSR count). The average Bonchev–Trinajstić information content (AvgIpc) is 2.73. The highest BCUT2D eigenvalue weighted by Gasteiger charge is 2.44. The summed E-state index contributed by atoms with van der Waals surface area (Å²) in [5.74, 6) is -6.47. The van der Waals surface area contributed by atoms with Crippen LogP contribution >= 0.6 is 0 Å². The summed E-state index contributed by atoms with van der Waals surface area (Å²) in [7, 11) is 0. The molecule has 1 saturated heterocycles. The largest absolute Gasteiger partial charge is 0.390 e. The van der Waals surface area contributed by atoms with E-state index >= 15 is 0 Å². The molecule has 19 heavy (non-hydrogen) atoms. The average molecular weight is 277 g/mol. The quantitative estimate of drug-likeness (QED) is 0.680. The Labute approximate surface area is 109 Å². The van der Waals surface area contributed by atoms with Crippen molar-refractivity contribution in [1.29, 1.82) is 0 Å². The molecule has 108 valence electrons. The van der Waals surface area contributed by atoms with E-state index < -0.39 is 30.5 Å². The lowest BCUT2D eigenvalue weighted by molar-refractivity contribution is -0.173. The van der Waals surface area contributed by atoms with Gasteiger partial charge in [0.1, 0.15) is 6.61 Å². The molecule has 1 amide bonds. The van der Waals surface area contributed by atoms with Crippen molar-refractivity contribution < 1.29 is 28.2 Å². The van der Waals surface area contributed by atoms with Gasteiger partial charge in [-0.05, 0) is 0 Å². The molecule has 0 aromatic rings. The zero-order valence-electron chi connectivity index (χ0n) is 10.4. The number of amides is 1. The number of carbonyl (C=O) groups is 1. The van der Waals surface area contributed by atoms with E-state index in [1.807, 2.05) is 5.32 Å². The third kappa shape index (κ3) is 3.82. The minimum absolute atomic E-state index is 0.0606. The Hall–Kier alpha value is -1.31. The minimum Gasteiger partial charge on any atom is -0.390 e. The number of ether oxygens (including phenoxy) is 2. The fourth-order valence-corrected chi connectivity index (χ4v) is 1.69. The first-order chi connectivity index (χ1) is 8.89. The topological polar surface area (TPSA) is 67.8 Å². The third-order valence-electron chi connectivity index (χ3n) is 2.59. The van der Waals surface area contributed by atoms with Crippen molar-refractivity contribution in [2.45, 2.75) is 30.8 Å². The Morgan fingerprint density at radius 1 is 1.47 bits per heavy atom. The van der Waals surface area contributed by atoms with Crippen LogP contribution in [0.3, 0.4) is 0 Å². The molecular formula is C12H17F2NO4. The fraction of sp³-hybridized carbons (Fsp3) is 0.583. The smallest absolute Gasteiger partial charge is 0.347 e. The molecule has 1 aliphatic heterocycles.